The van der Waals surface area contributed by atoms with Gasteiger partial charge in [0.15, 0.2) is 6.61 Å². The summed E-state index contributed by atoms with van der Waals surface area (Å²) < 4.78 is 4.95. The van der Waals surface area contributed by atoms with Crippen LogP contribution in [0.15, 0.2) is 24.3 Å². The molecule has 0 unspecified atom stereocenters. The lowest BCUT2D eigenvalue weighted by atomic mass is 10.2. The Labute approximate surface area is 155 Å². The molecule has 0 radical (unpaired) electrons. The van der Waals surface area contributed by atoms with Crippen LogP contribution < -0.4 is 0 Å². The summed E-state index contributed by atoms with van der Waals surface area (Å²) in [6.07, 6.45) is 2.70. The summed E-state index contributed by atoms with van der Waals surface area (Å²) in [5, 5.41) is 0.913. The number of hydrogen-bond acceptors (Lipinski definition) is 4. The molecule has 0 saturated carbocycles. The molecule has 2 amide bonds. The SMILES string of the molecule is CC(=O)N1CCN(C(=O)COC(=O)/C=C/c2ccc(Cl)cc2Cl)CC1. The van der Waals surface area contributed by atoms with E-state index in [9.17, 15) is 14.4 Å². The zero-order valence-corrected chi connectivity index (χ0v) is 15.2. The number of carbonyl (C=O) groups excluding carboxylic acids is 3. The number of carbonyl (C=O) groups is 3. The third kappa shape index (κ3) is 5.76. The second-order valence-corrected chi connectivity index (χ2v) is 6.34. The Morgan fingerprint density at radius 3 is 2.36 bits per heavy atom. The molecule has 1 fully saturated rings. The minimum atomic E-state index is -0.637. The van der Waals surface area contributed by atoms with Gasteiger partial charge < -0.3 is 14.5 Å². The average molecular weight is 385 g/mol. The molecule has 1 aromatic carbocycles. The Balaban J connectivity index is 1.79. The van der Waals surface area contributed by atoms with Crippen molar-refractivity contribution in [2.24, 2.45) is 0 Å². The van der Waals surface area contributed by atoms with E-state index >= 15 is 0 Å². The van der Waals surface area contributed by atoms with Crippen LogP contribution in [0.3, 0.4) is 0 Å². The topological polar surface area (TPSA) is 66.9 Å². The van der Waals surface area contributed by atoms with Gasteiger partial charge in [0, 0.05) is 49.2 Å². The maximum atomic E-state index is 12.0. The van der Waals surface area contributed by atoms with Crippen molar-refractivity contribution in [2.45, 2.75) is 6.92 Å². The van der Waals surface area contributed by atoms with Crippen LogP contribution in [-0.4, -0.2) is 60.4 Å². The van der Waals surface area contributed by atoms with Crippen molar-refractivity contribution in [1.29, 1.82) is 0 Å². The molecule has 1 heterocycles. The summed E-state index contributed by atoms with van der Waals surface area (Å²) in [5.41, 5.74) is 0.620. The summed E-state index contributed by atoms with van der Waals surface area (Å²) in [7, 11) is 0. The predicted octanol–water partition coefficient (Wildman–Crippen LogP) is 2.24. The highest BCUT2D eigenvalue weighted by atomic mass is 35.5. The molecule has 134 valence electrons. The maximum absolute atomic E-state index is 12.0. The van der Waals surface area contributed by atoms with Gasteiger partial charge in [0.1, 0.15) is 0 Å². The van der Waals surface area contributed by atoms with Crippen molar-refractivity contribution >= 4 is 47.1 Å². The van der Waals surface area contributed by atoms with Crippen molar-refractivity contribution in [3.8, 4) is 0 Å². The monoisotopic (exact) mass is 384 g/mol. The van der Waals surface area contributed by atoms with E-state index in [-0.39, 0.29) is 18.4 Å². The molecular formula is C17H18Cl2N2O4. The van der Waals surface area contributed by atoms with Crippen LogP contribution in [0.25, 0.3) is 6.08 Å². The van der Waals surface area contributed by atoms with E-state index < -0.39 is 5.97 Å². The molecule has 25 heavy (non-hydrogen) atoms. The number of halogens is 2. The van der Waals surface area contributed by atoms with Crippen molar-refractivity contribution < 1.29 is 19.1 Å². The Bertz CT molecular complexity index is 698. The van der Waals surface area contributed by atoms with Crippen LogP contribution in [0, 0.1) is 0 Å². The van der Waals surface area contributed by atoms with E-state index in [0.29, 0.717) is 41.8 Å². The first kappa shape index (κ1) is 19.3. The van der Waals surface area contributed by atoms with Gasteiger partial charge in [-0.05, 0) is 23.8 Å². The molecule has 1 saturated heterocycles. The number of piperazine rings is 1. The van der Waals surface area contributed by atoms with Gasteiger partial charge in [0.2, 0.25) is 5.91 Å². The number of benzene rings is 1. The predicted molar refractivity (Wildman–Crippen MR) is 95.3 cm³/mol. The summed E-state index contributed by atoms with van der Waals surface area (Å²) in [5.74, 6) is -0.930. The minimum absolute atomic E-state index is 0.00970. The van der Waals surface area contributed by atoms with Crippen LogP contribution >= 0.6 is 23.2 Å². The van der Waals surface area contributed by atoms with Gasteiger partial charge in [0.25, 0.3) is 5.91 Å². The molecule has 0 aliphatic carbocycles. The average Bonchev–Trinajstić information content (AvgIpc) is 2.59. The van der Waals surface area contributed by atoms with Crippen LogP contribution in [0.5, 0.6) is 0 Å². The molecule has 0 spiro atoms. The van der Waals surface area contributed by atoms with Crippen LogP contribution in [-0.2, 0) is 19.1 Å². The zero-order valence-electron chi connectivity index (χ0n) is 13.7. The van der Waals surface area contributed by atoms with E-state index in [1.807, 2.05) is 0 Å². The minimum Gasteiger partial charge on any atom is -0.452 e. The van der Waals surface area contributed by atoms with Gasteiger partial charge in [-0.1, -0.05) is 29.3 Å². The molecule has 0 atom stereocenters. The van der Waals surface area contributed by atoms with Crippen LogP contribution in [0.2, 0.25) is 10.0 Å². The Morgan fingerprint density at radius 1 is 1.12 bits per heavy atom. The first-order valence-electron chi connectivity index (χ1n) is 7.70. The molecule has 0 N–H and O–H groups in total. The molecule has 0 aromatic heterocycles. The number of esters is 1. The highest BCUT2D eigenvalue weighted by molar-refractivity contribution is 6.35. The third-order valence-corrected chi connectivity index (χ3v) is 4.34. The lowest BCUT2D eigenvalue weighted by Crippen LogP contribution is -2.51. The Hall–Kier alpha value is -2.05. The number of ether oxygens (including phenoxy) is 1. The number of amides is 2. The normalized spacial score (nSPS) is 14.7. The van der Waals surface area contributed by atoms with Gasteiger partial charge in [-0.15, -0.1) is 0 Å². The maximum Gasteiger partial charge on any atom is 0.331 e. The van der Waals surface area contributed by atoms with Gasteiger partial charge >= 0.3 is 5.97 Å². The molecular weight excluding hydrogens is 367 g/mol. The fourth-order valence-electron chi connectivity index (χ4n) is 2.34. The van der Waals surface area contributed by atoms with E-state index in [1.54, 1.807) is 28.0 Å². The lowest BCUT2D eigenvalue weighted by molar-refractivity contribution is -0.149. The van der Waals surface area contributed by atoms with Gasteiger partial charge in [-0.25, -0.2) is 4.79 Å². The fraction of sp³-hybridized carbons (Fsp3) is 0.353. The molecule has 2 rings (SSSR count). The smallest absolute Gasteiger partial charge is 0.331 e. The van der Waals surface area contributed by atoms with Crippen molar-refractivity contribution in [1.82, 2.24) is 9.80 Å². The quantitative estimate of drug-likeness (QED) is 0.589. The Morgan fingerprint density at radius 2 is 1.76 bits per heavy atom. The summed E-state index contributed by atoms with van der Waals surface area (Å²) in [6.45, 7) is 3.02. The van der Waals surface area contributed by atoms with E-state index in [2.05, 4.69) is 0 Å². The molecule has 8 heteroatoms. The van der Waals surface area contributed by atoms with Crippen molar-refractivity contribution in [3.05, 3.63) is 39.9 Å². The van der Waals surface area contributed by atoms with Gasteiger partial charge in [-0.3, -0.25) is 9.59 Å². The molecule has 0 bridgehead atoms. The zero-order chi connectivity index (χ0) is 18.4. The van der Waals surface area contributed by atoms with Crippen LogP contribution in [0.1, 0.15) is 12.5 Å². The molecule has 1 aliphatic rings. The molecule has 6 nitrogen and oxygen atoms in total. The van der Waals surface area contributed by atoms with Crippen LogP contribution in [0.4, 0.5) is 0 Å². The largest absolute Gasteiger partial charge is 0.452 e. The first-order chi connectivity index (χ1) is 11.9. The number of nitrogens with zero attached hydrogens (tertiary/aromatic N) is 2. The van der Waals surface area contributed by atoms with E-state index in [0.717, 1.165) is 0 Å². The van der Waals surface area contributed by atoms with E-state index in [4.69, 9.17) is 27.9 Å². The van der Waals surface area contributed by atoms with Crippen molar-refractivity contribution in [3.63, 3.8) is 0 Å². The number of rotatable bonds is 4. The summed E-state index contributed by atoms with van der Waals surface area (Å²) >= 11 is 11.8. The fourth-order valence-corrected chi connectivity index (χ4v) is 2.81. The van der Waals surface area contributed by atoms with E-state index in [1.165, 1.54) is 19.1 Å². The Kier molecular flexibility index (Phi) is 6.84. The molecule has 1 aromatic rings. The second-order valence-electron chi connectivity index (χ2n) is 5.49. The summed E-state index contributed by atoms with van der Waals surface area (Å²) in [6, 6.07) is 4.90. The third-order valence-electron chi connectivity index (χ3n) is 3.78. The highest BCUT2D eigenvalue weighted by Crippen LogP contribution is 2.21. The first-order valence-corrected chi connectivity index (χ1v) is 8.45. The van der Waals surface area contributed by atoms with Gasteiger partial charge in [-0.2, -0.15) is 0 Å². The summed E-state index contributed by atoms with van der Waals surface area (Å²) in [4.78, 5) is 38.3. The lowest BCUT2D eigenvalue weighted by Gasteiger charge is -2.34. The highest BCUT2D eigenvalue weighted by Gasteiger charge is 2.22. The standard InChI is InChI=1S/C17H18Cl2N2O4/c1-12(22)20-6-8-21(9-7-20)16(23)11-25-17(24)5-3-13-2-4-14(18)10-15(13)19/h2-5,10H,6-9,11H2,1H3/b5-3+. The van der Waals surface area contributed by atoms with Crippen molar-refractivity contribution in [2.75, 3.05) is 32.8 Å². The molecule has 1 aliphatic heterocycles. The second kappa shape index (κ2) is 8.87. The number of hydrogen-bond donors (Lipinski definition) is 0. The van der Waals surface area contributed by atoms with Gasteiger partial charge in [0.05, 0.1) is 0 Å².